The molecule has 1 N–H and O–H groups in total. The summed E-state index contributed by atoms with van der Waals surface area (Å²) in [4.78, 5) is 7.26. The minimum atomic E-state index is 0.255. The van der Waals surface area contributed by atoms with Crippen molar-refractivity contribution in [3.05, 3.63) is 35.7 Å². The van der Waals surface area contributed by atoms with Crippen LogP contribution in [-0.2, 0) is 0 Å². The molecule has 3 heteroatoms. The zero-order chi connectivity index (χ0) is 13.7. The number of hydrogen-bond acceptors (Lipinski definition) is 3. The van der Waals surface area contributed by atoms with Crippen LogP contribution >= 0.6 is 0 Å². The van der Waals surface area contributed by atoms with Gasteiger partial charge in [0.05, 0.1) is 17.8 Å². The predicted molar refractivity (Wildman–Crippen MR) is 82.6 cm³/mol. The van der Waals surface area contributed by atoms with Crippen LogP contribution in [0.5, 0.6) is 0 Å². The minimum Gasteiger partial charge on any atom is -0.376 e. The number of rotatable bonds is 2. The van der Waals surface area contributed by atoms with Crippen LogP contribution in [0.25, 0.3) is 0 Å². The first-order chi connectivity index (χ1) is 9.70. The second-order valence-electron chi connectivity index (χ2n) is 6.71. The molecule has 0 aromatic rings. The van der Waals surface area contributed by atoms with Gasteiger partial charge in [0.15, 0.2) is 0 Å². The number of dihydropyridines is 1. The molecule has 20 heavy (non-hydrogen) atoms. The summed E-state index contributed by atoms with van der Waals surface area (Å²) in [5.41, 5.74) is 3.57. The Hall–Kier alpha value is -1.51. The molecule has 0 spiro atoms. The van der Waals surface area contributed by atoms with E-state index in [1.807, 2.05) is 6.92 Å². The number of nitrogens with zero attached hydrogens (tertiary/aromatic N) is 2. The summed E-state index contributed by atoms with van der Waals surface area (Å²) in [7, 11) is 0. The minimum absolute atomic E-state index is 0.255. The first kappa shape index (κ1) is 12.2. The second kappa shape index (κ2) is 4.51. The predicted octanol–water partition coefficient (Wildman–Crippen LogP) is 2.49. The van der Waals surface area contributed by atoms with Gasteiger partial charge in [-0.25, -0.2) is 0 Å². The van der Waals surface area contributed by atoms with Crippen LogP contribution < -0.4 is 5.32 Å². The zero-order valence-electron chi connectivity index (χ0n) is 12.2. The maximum absolute atomic E-state index is 4.73. The molecule has 4 unspecified atom stereocenters. The van der Waals surface area contributed by atoms with Crippen LogP contribution in [0.1, 0.15) is 26.2 Å². The molecule has 1 aliphatic carbocycles. The summed E-state index contributed by atoms with van der Waals surface area (Å²) in [6, 6.07) is 0.574. The molecule has 0 radical (unpaired) electrons. The Kier molecular flexibility index (Phi) is 2.76. The number of hydrogen-bond donors (Lipinski definition) is 1. The summed E-state index contributed by atoms with van der Waals surface area (Å²) >= 11 is 0. The fraction of sp³-hybridized carbons (Fsp3) is 0.588. The van der Waals surface area contributed by atoms with Crippen molar-refractivity contribution in [3.8, 4) is 0 Å². The van der Waals surface area contributed by atoms with Crippen molar-refractivity contribution in [3.63, 3.8) is 0 Å². The van der Waals surface area contributed by atoms with E-state index >= 15 is 0 Å². The van der Waals surface area contributed by atoms with Gasteiger partial charge in [0.25, 0.3) is 0 Å². The fourth-order valence-corrected chi connectivity index (χ4v) is 3.74. The summed E-state index contributed by atoms with van der Waals surface area (Å²) in [6.07, 6.45) is 10.9. The van der Waals surface area contributed by atoms with Gasteiger partial charge in [0.1, 0.15) is 0 Å². The van der Waals surface area contributed by atoms with E-state index in [1.54, 1.807) is 0 Å². The number of fused-ring (bicyclic) bond motifs is 2. The van der Waals surface area contributed by atoms with Gasteiger partial charge in [-0.15, -0.1) is 0 Å². The van der Waals surface area contributed by atoms with Crippen LogP contribution in [0.15, 0.2) is 40.7 Å². The Morgan fingerprint density at radius 1 is 1.30 bits per heavy atom. The topological polar surface area (TPSA) is 27.6 Å². The molecule has 4 aliphatic rings. The number of aliphatic imine (C=N–C) groups is 1. The molecule has 3 nitrogen and oxygen atoms in total. The Morgan fingerprint density at radius 2 is 2.05 bits per heavy atom. The molecule has 4 atom stereocenters. The third kappa shape index (κ3) is 2.09. The lowest BCUT2D eigenvalue weighted by Crippen LogP contribution is -2.36. The number of allylic oxidation sites excluding steroid dienone is 2. The van der Waals surface area contributed by atoms with E-state index in [-0.39, 0.29) is 6.04 Å². The molecule has 106 valence electrons. The summed E-state index contributed by atoms with van der Waals surface area (Å²) in [6.45, 7) is 8.47. The highest BCUT2D eigenvalue weighted by Crippen LogP contribution is 2.45. The maximum atomic E-state index is 4.73. The van der Waals surface area contributed by atoms with E-state index in [0.29, 0.717) is 6.04 Å². The molecule has 0 aromatic carbocycles. The lowest BCUT2D eigenvalue weighted by Gasteiger charge is -2.28. The Labute approximate surface area is 121 Å². The van der Waals surface area contributed by atoms with Gasteiger partial charge in [0.2, 0.25) is 0 Å². The van der Waals surface area contributed by atoms with Crippen molar-refractivity contribution in [2.75, 3.05) is 13.1 Å². The molecule has 1 saturated heterocycles. The van der Waals surface area contributed by atoms with Crippen molar-refractivity contribution in [1.82, 2.24) is 10.2 Å². The van der Waals surface area contributed by atoms with Gasteiger partial charge in [0, 0.05) is 25.0 Å². The summed E-state index contributed by atoms with van der Waals surface area (Å²) < 4.78 is 0. The molecule has 1 saturated carbocycles. The first-order valence-corrected chi connectivity index (χ1v) is 7.85. The molecule has 0 bridgehead atoms. The first-order valence-electron chi connectivity index (χ1n) is 7.85. The smallest absolute Gasteiger partial charge is 0.0941 e. The largest absolute Gasteiger partial charge is 0.376 e. The standard InChI is InChI=1S/C17H23N3/c1-11(2)15-9-16-17(19-15)8-14(10-18-16)20-5-3-12-7-13(12)4-6-20/h8-10,12-13,16-17,19H,1,3-7H2,2H3. The highest BCUT2D eigenvalue weighted by Gasteiger charge is 2.39. The second-order valence-corrected chi connectivity index (χ2v) is 6.71. The Morgan fingerprint density at radius 3 is 2.75 bits per heavy atom. The van der Waals surface area contributed by atoms with Crippen LogP contribution in [0.2, 0.25) is 0 Å². The normalized spacial score (nSPS) is 38.1. The van der Waals surface area contributed by atoms with Gasteiger partial charge < -0.3 is 10.2 Å². The summed E-state index contributed by atoms with van der Waals surface area (Å²) in [5.74, 6) is 2.05. The van der Waals surface area contributed by atoms with Crippen LogP contribution in [0, 0.1) is 11.8 Å². The molecule has 0 amide bonds. The van der Waals surface area contributed by atoms with Gasteiger partial charge in [-0.05, 0) is 55.7 Å². The van der Waals surface area contributed by atoms with Crippen molar-refractivity contribution >= 4 is 6.21 Å². The highest BCUT2D eigenvalue weighted by atomic mass is 15.2. The SMILES string of the molecule is C=C(C)C1=CC2N=CC(N3CCC4CC4CC3)=CC2N1. The third-order valence-electron chi connectivity index (χ3n) is 5.19. The van der Waals surface area contributed by atoms with Gasteiger partial charge >= 0.3 is 0 Å². The molecular weight excluding hydrogens is 246 g/mol. The van der Waals surface area contributed by atoms with E-state index in [0.717, 1.165) is 23.1 Å². The fourth-order valence-electron chi connectivity index (χ4n) is 3.74. The number of nitrogens with one attached hydrogen (secondary N) is 1. The lowest BCUT2D eigenvalue weighted by atomic mass is 10.1. The monoisotopic (exact) mass is 269 g/mol. The van der Waals surface area contributed by atoms with Crippen LogP contribution in [0.3, 0.4) is 0 Å². The molecule has 4 rings (SSSR count). The molecule has 3 aliphatic heterocycles. The van der Waals surface area contributed by atoms with E-state index < -0.39 is 0 Å². The van der Waals surface area contributed by atoms with Crippen molar-refractivity contribution < 1.29 is 0 Å². The van der Waals surface area contributed by atoms with Crippen molar-refractivity contribution in [2.24, 2.45) is 16.8 Å². The van der Waals surface area contributed by atoms with Gasteiger partial charge in [-0.3, -0.25) is 4.99 Å². The van der Waals surface area contributed by atoms with Crippen LogP contribution in [0.4, 0.5) is 0 Å². The lowest BCUT2D eigenvalue weighted by molar-refractivity contribution is 0.357. The zero-order valence-corrected chi connectivity index (χ0v) is 12.2. The van der Waals surface area contributed by atoms with Gasteiger partial charge in [-0.1, -0.05) is 6.58 Å². The van der Waals surface area contributed by atoms with Crippen molar-refractivity contribution in [2.45, 2.75) is 38.3 Å². The van der Waals surface area contributed by atoms with Crippen molar-refractivity contribution in [1.29, 1.82) is 0 Å². The van der Waals surface area contributed by atoms with E-state index in [1.165, 1.54) is 38.0 Å². The number of likely N-dealkylation sites (tertiary alicyclic amines) is 1. The molecule has 3 heterocycles. The Bertz CT molecular complexity index is 516. The van der Waals surface area contributed by atoms with Crippen LogP contribution in [-0.4, -0.2) is 36.3 Å². The quantitative estimate of drug-likeness (QED) is 0.834. The summed E-state index contributed by atoms with van der Waals surface area (Å²) in [5, 5.41) is 3.54. The highest BCUT2D eigenvalue weighted by molar-refractivity contribution is 5.80. The molecule has 2 fully saturated rings. The average molecular weight is 269 g/mol. The maximum Gasteiger partial charge on any atom is 0.0941 e. The Balaban J connectivity index is 1.47. The van der Waals surface area contributed by atoms with Gasteiger partial charge in [-0.2, -0.15) is 0 Å². The van der Waals surface area contributed by atoms with E-state index in [9.17, 15) is 0 Å². The molecule has 0 aromatic heterocycles. The average Bonchev–Trinajstić information content (AvgIpc) is 3.07. The molecular formula is C17H23N3. The van der Waals surface area contributed by atoms with E-state index in [4.69, 9.17) is 4.99 Å². The third-order valence-corrected chi connectivity index (χ3v) is 5.19. The van der Waals surface area contributed by atoms with E-state index in [2.05, 4.69) is 35.2 Å².